The van der Waals surface area contributed by atoms with Crippen LogP contribution in [0, 0.1) is 6.92 Å². The van der Waals surface area contributed by atoms with Crippen LogP contribution in [0.4, 0.5) is 0 Å². The molecule has 1 amide bonds. The van der Waals surface area contributed by atoms with E-state index in [1.165, 1.54) is 11.8 Å². The van der Waals surface area contributed by atoms with Crippen LogP contribution >= 0.6 is 11.8 Å². The van der Waals surface area contributed by atoms with Crippen molar-refractivity contribution in [1.82, 2.24) is 10.2 Å². The van der Waals surface area contributed by atoms with Gasteiger partial charge in [0.2, 0.25) is 5.91 Å². The molecule has 0 bridgehead atoms. The lowest BCUT2D eigenvalue weighted by molar-refractivity contribution is -0.139. The minimum atomic E-state index is -0.456. The average Bonchev–Trinajstić information content (AvgIpc) is 3.21. The second-order valence-electron chi connectivity index (χ2n) is 7.79. The number of thioether (sulfide) groups is 1. The zero-order valence-electron chi connectivity index (χ0n) is 19.0. The molecule has 0 saturated heterocycles. The van der Waals surface area contributed by atoms with Crippen LogP contribution in [0.2, 0.25) is 0 Å². The first kappa shape index (κ1) is 22.9. The summed E-state index contributed by atoms with van der Waals surface area (Å²) < 4.78 is 5.52. The summed E-state index contributed by atoms with van der Waals surface area (Å²) in [5, 5.41) is 5.56. The third kappa shape index (κ3) is 4.73. The Balaban J connectivity index is 1.90. The predicted molar refractivity (Wildman–Crippen MR) is 132 cm³/mol. The molecule has 4 rings (SSSR count). The number of aryl methyl sites for hydroxylation is 1. The molecule has 0 unspecified atom stereocenters. The summed E-state index contributed by atoms with van der Waals surface area (Å²) in [4.78, 5) is 32.7. The van der Waals surface area contributed by atoms with Gasteiger partial charge in [0.1, 0.15) is 0 Å². The summed E-state index contributed by atoms with van der Waals surface area (Å²) in [6.45, 7) is 6.54. The molecule has 2 aliphatic rings. The second kappa shape index (κ2) is 10.1. The van der Waals surface area contributed by atoms with Crippen molar-refractivity contribution in [3.63, 3.8) is 0 Å². The molecule has 2 heterocycles. The van der Waals surface area contributed by atoms with Gasteiger partial charge in [0.05, 0.1) is 30.3 Å². The number of nitrogens with one attached hydrogen (secondary N) is 1. The molecule has 1 N–H and O–H groups in total. The second-order valence-corrected chi connectivity index (χ2v) is 8.62. The largest absolute Gasteiger partial charge is 0.463 e. The number of amidine groups is 1. The van der Waals surface area contributed by atoms with Gasteiger partial charge in [-0.25, -0.2) is 9.79 Å². The van der Waals surface area contributed by atoms with E-state index in [1.807, 2.05) is 72.7 Å². The average molecular weight is 462 g/mol. The van der Waals surface area contributed by atoms with Gasteiger partial charge in [-0.2, -0.15) is 0 Å². The van der Waals surface area contributed by atoms with Crippen molar-refractivity contribution in [3.8, 4) is 0 Å². The lowest BCUT2D eigenvalue weighted by atomic mass is 9.90. The molecule has 0 aromatic heterocycles. The highest BCUT2D eigenvalue weighted by Gasteiger charge is 2.42. The summed E-state index contributed by atoms with van der Waals surface area (Å²) in [6, 6.07) is 17.3. The summed E-state index contributed by atoms with van der Waals surface area (Å²) in [6.07, 6.45) is 0.207. The van der Waals surface area contributed by atoms with Gasteiger partial charge < -0.3 is 15.0 Å². The Morgan fingerprint density at radius 1 is 1.12 bits per heavy atom. The quantitative estimate of drug-likeness (QED) is 0.600. The fraction of sp³-hybridized carbons (Fsp3) is 0.269. The number of hydrogen-bond donors (Lipinski definition) is 1. The van der Waals surface area contributed by atoms with E-state index in [1.54, 1.807) is 6.92 Å². The van der Waals surface area contributed by atoms with Crippen molar-refractivity contribution < 1.29 is 14.3 Å². The number of aliphatic imine (C=N–C) groups is 1. The smallest absolute Gasteiger partial charge is 0.338 e. The highest BCUT2D eigenvalue weighted by atomic mass is 32.2. The number of esters is 1. The number of carbonyl (C=O) groups is 2. The van der Waals surface area contributed by atoms with Crippen molar-refractivity contribution >= 4 is 34.5 Å². The first-order chi connectivity index (χ1) is 16.0. The number of benzene rings is 2. The molecule has 2 aromatic rings. The highest BCUT2D eigenvalue weighted by molar-refractivity contribution is 8.16. The van der Waals surface area contributed by atoms with Crippen LogP contribution in [0.1, 0.15) is 43.0 Å². The number of fused-ring (bicyclic) bond motifs is 1. The van der Waals surface area contributed by atoms with Gasteiger partial charge in [0.25, 0.3) is 0 Å². The predicted octanol–water partition coefficient (Wildman–Crippen LogP) is 4.80. The number of amides is 1. The Morgan fingerprint density at radius 3 is 2.61 bits per heavy atom. The molecule has 0 spiro atoms. The van der Waals surface area contributed by atoms with Crippen LogP contribution in [0.15, 0.2) is 76.3 Å². The van der Waals surface area contributed by atoms with E-state index in [9.17, 15) is 9.59 Å². The van der Waals surface area contributed by atoms with Crippen molar-refractivity contribution in [2.45, 2.75) is 33.2 Å². The maximum atomic E-state index is 13.4. The molecule has 2 aromatic carbocycles. The van der Waals surface area contributed by atoms with E-state index in [0.717, 1.165) is 27.6 Å². The minimum Gasteiger partial charge on any atom is -0.463 e. The number of carbonyl (C=O) groups excluding carboxylic acids is 2. The molecule has 0 aliphatic carbocycles. The zero-order valence-corrected chi connectivity index (χ0v) is 19.8. The molecule has 170 valence electrons. The summed E-state index contributed by atoms with van der Waals surface area (Å²) in [5.41, 5.74) is 4.77. The van der Waals surface area contributed by atoms with E-state index >= 15 is 0 Å². The molecule has 1 atom stereocenters. The van der Waals surface area contributed by atoms with E-state index in [-0.39, 0.29) is 18.9 Å². The van der Waals surface area contributed by atoms with Crippen LogP contribution < -0.4 is 5.32 Å². The maximum absolute atomic E-state index is 13.4. The Bertz CT molecular complexity index is 1150. The van der Waals surface area contributed by atoms with Crippen molar-refractivity contribution in [3.05, 3.63) is 88.0 Å². The van der Waals surface area contributed by atoms with Gasteiger partial charge in [-0.15, -0.1) is 0 Å². The van der Waals surface area contributed by atoms with Gasteiger partial charge in [-0.1, -0.05) is 71.9 Å². The Labute approximate surface area is 198 Å². The summed E-state index contributed by atoms with van der Waals surface area (Å²) in [5.74, 6) is -0.468. The standard InChI is InChI=1S/C26H27N3O3S/c1-4-27-21(30)15-20-16-33-26-28-23(18-11-7-6-8-12-18)22(25(31)32-5-2)24(29(20)26)19-13-9-10-17(3)14-19/h6-14,16,24H,4-5,15H2,1-3H3,(H,27,30)/t24-/m0/s1. The molecule has 2 aliphatic heterocycles. The fourth-order valence-electron chi connectivity index (χ4n) is 4.07. The van der Waals surface area contributed by atoms with Crippen molar-refractivity contribution in [2.24, 2.45) is 4.99 Å². The highest BCUT2D eigenvalue weighted by Crippen LogP contribution is 2.47. The Kier molecular flexibility index (Phi) is 6.99. The van der Waals surface area contributed by atoms with Crippen LogP contribution in [0.5, 0.6) is 0 Å². The first-order valence-corrected chi connectivity index (χ1v) is 11.9. The zero-order chi connectivity index (χ0) is 23.4. The van der Waals surface area contributed by atoms with Gasteiger partial charge in [0, 0.05) is 17.8 Å². The molecule has 0 radical (unpaired) electrons. The lowest BCUT2D eigenvalue weighted by Crippen LogP contribution is -2.38. The molecule has 6 nitrogen and oxygen atoms in total. The van der Waals surface area contributed by atoms with Crippen LogP contribution in [0.25, 0.3) is 5.70 Å². The Morgan fingerprint density at radius 2 is 1.91 bits per heavy atom. The van der Waals surface area contributed by atoms with Crippen LogP contribution in [0.3, 0.4) is 0 Å². The topological polar surface area (TPSA) is 71.0 Å². The first-order valence-electron chi connectivity index (χ1n) is 11.1. The SMILES string of the molecule is CCNC(=O)CC1=CSC2=NC(c3ccccc3)=C(C(=O)OCC)[C@H](c3cccc(C)c3)N12. The summed E-state index contributed by atoms with van der Waals surface area (Å²) in [7, 11) is 0. The monoisotopic (exact) mass is 461 g/mol. The molecule has 33 heavy (non-hydrogen) atoms. The number of hydrogen-bond acceptors (Lipinski definition) is 6. The maximum Gasteiger partial charge on any atom is 0.338 e. The molecule has 0 saturated carbocycles. The number of ether oxygens (including phenoxy) is 1. The van der Waals surface area contributed by atoms with Gasteiger partial charge in [-0.3, -0.25) is 4.79 Å². The van der Waals surface area contributed by atoms with E-state index in [2.05, 4.69) is 11.4 Å². The molecule has 7 heteroatoms. The van der Waals surface area contributed by atoms with Gasteiger partial charge in [-0.05, 0) is 31.7 Å². The lowest BCUT2D eigenvalue weighted by Gasteiger charge is -2.37. The molecular formula is C26H27N3O3S. The minimum absolute atomic E-state index is 0.0656. The number of rotatable bonds is 7. The van der Waals surface area contributed by atoms with Crippen molar-refractivity contribution in [2.75, 3.05) is 13.2 Å². The number of nitrogens with zero attached hydrogens (tertiary/aromatic N) is 2. The molecule has 0 fully saturated rings. The van der Waals surface area contributed by atoms with E-state index < -0.39 is 12.0 Å². The fourth-order valence-corrected chi connectivity index (χ4v) is 4.99. The normalized spacial score (nSPS) is 17.3. The van der Waals surface area contributed by atoms with E-state index in [0.29, 0.717) is 17.8 Å². The van der Waals surface area contributed by atoms with Crippen molar-refractivity contribution in [1.29, 1.82) is 0 Å². The summed E-state index contributed by atoms with van der Waals surface area (Å²) >= 11 is 1.47. The molecular weight excluding hydrogens is 434 g/mol. The third-order valence-corrected chi connectivity index (χ3v) is 6.31. The van der Waals surface area contributed by atoms with Gasteiger partial charge in [0.15, 0.2) is 5.17 Å². The Hall–Kier alpha value is -3.32. The van der Waals surface area contributed by atoms with E-state index in [4.69, 9.17) is 9.73 Å². The third-order valence-electron chi connectivity index (χ3n) is 5.43. The van der Waals surface area contributed by atoms with Crippen LogP contribution in [-0.2, 0) is 14.3 Å². The van der Waals surface area contributed by atoms with Gasteiger partial charge >= 0.3 is 5.97 Å². The van der Waals surface area contributed by atoms with Crippen LogP contribution in [-0.4, -0.2) is 35.1 Å².